The Kier molecular flexibility index (Phi) is 4.55. The standard InChI is InChI=1S/C16H30N4/c1-12(2)19(6)9-10-20-14-7-8-17-11-13(14)18-15(20)16(3,4)5/h12,17H,7-11H2,1-6H3. The molecule has 2 heterocycles. The predicted octanol–water partition coefficient (Wildman–Crippen LogP) is 2.17. The maximum Gasteiger partial charge on any atom is 0.114 e. The molecule has 0 aliphatic carbocycles. The first-order valence-electron chi connectivity index (χ1n) is 7.80. The van der Waals surface area contributed by atoms with E-state index in [1.807, 2.05) is 0 Å². The lowest BCUT2D eigenvalue weighted by Crippen LogP contribution is -2.32. The van der Waals surface area contributed by atoms with Crippen LogP contribution < -0.4 is 5.32 Å². The highest BCUT2D eigenvalue weighted by molar-refractivity contribution is 5.23. The second kappa shape index (κ2) is 5.86. The quantitative estimate of drug-likeness (QED) is 0.916. The van der Waals surface area contributed by atoms with Gasteiger partial charge in [-0.1, -0.05) is 20.8 Å². The van der Waals surface area contributed by atoms with Gasteiger partial charge < -0.3 is 14.8 Å². The highest BCUT2D eigenvalue weighted by atomic mass is 15.2. The number of imidazole rings is 1. The molecule has 0 atom stereocenters. The van der Waals surface area contributed by atoms with Gasteiger partial charge in [-0.05, 0) is 20.9 Å². The molecular formula is C16H30N4. The van der Waals surface area contributed by atoms with Crippen LogP contribution in [0.15, 0.2) is 0 Å². The highest BCUT2D eigenvalue weighted by Crippen LogP contribution is 2.26. The Labute approximate surface area is 123 Å². The summed E-state index contributed by atoms with van der Waals surface area (Å²) in [5.74, 6) is 1.24. The lowest BCUT2D eigenvalue weighted by atomic mass is 9.95. The summed E-state index contributed by atoms with van der Waals surface area (Å²) >= 11 is 0. The lowest BCUT2D eigenvalue weighted by Gasteiger charge is -2.25. The summed E-state index contributed by atoms with van der Waals surface area (Å²) in [7, 11) is 2.20. The summed E-state index contributed by atoms with van der Waals surface area (Å²) in [6, 6.07) is 0.592. The average Bonchev–Trinajstić information content (AvgIpc) is 2.74. The SMILES string of the molecule is CC(C)N(C)CCn1c(C(C)(C)C)nc2c1CCNC2. The van der Waals surface area contributed by atoms with Crippen molar-refractivity contribution in [2.45, 2.75) is 65.6 Å². The zero-order valence-electron chi connectivity index (χ0n) is 14.0. The van der Waals surface area contributed by atoms with Gasteiger partial charge in [-0.2, -0.15) is 0 Å². The Balaban J connectivity index is 2.27. The van der Waals surface area contributed by atoms with Crippen molar-refractivity contribution in [3.63, 3.8) is 0 Å². The Morgan fingerprint density at radius 2 is 2.05 bits per heavy atom. The summed E-state index contributed by atoms with van der Waals surface area (Å²) in [6.07, 6.45) is 1.10. The van der Waals surface area contributed by atoms with Crippen molar-refractivity contribution in [1.29, 1.82) is 0 Å². The molecule has 0 bridgehead atoms. The minimum Gasteiger partial charge on any atom is -0.330 e. The van der Waals surface area contributed by atoms with Gasteiger partial charge in [0.15, 0.2) is 0 Å². The van der Waals surface area contributed by atoms with Crippen LogP contribution in [0.25, 0.3) is 0 Å². The third-order valence-corrected chi connectivity index (χ3v) is 4.22. The Morgan fingerprint density at radius 1 is 1.35 bits per heavy atom. The summed E-state index contributed by atoms with van der Waals surface area (Å²) in [5, 5.41) is 3.43. The van der Waals surface area contributed by atoms with E-state index in [9.17, 15) is 0 Å². The molecule has 1 aromatic rings. The first kappa shape index (κ1) is 15.5. The van der Waals surface area contributed by atoms with Crippen molar-refractivity contribution < 1.29 is 0 Å². The molecule has 4 heteroatoms. The largest absolute Gasteiger partial charge is 0.330 e. The lowest BCUT2D eigenvalue weighted by molar-refractivity contribution is 0.258. The van der Waals surface area contributed by atoms with Crippen molar-refractivity contribution in [3.05, 3.63) is 17.2 Å². The molecule has 1 aliphatic heterocycles. The van der Waals surface area contributed by atoms with Crippen molar-refractivity contribution in [2.75, 3.05) is 20.1 Å². The summed E-state index contributed by atoms with van der Waals surface area (Å²) in [4.78, 5) is 7.33. The van der Waals surface area contributed by atoms with E-state index in [0.29, 0.717) is 6.04 Å². The maximum atomic E-state index is 4.93. The highest BCUT2D eigenvalue weighted by Gasteiger charge is 2.26. The number of hydrogen-bond donors (Lipinski definition) is 1. The zero-order chi connectivity index (χ0) is 14.9. The third kappa shape index (κ3) is 3.23. The fraction of sp³-hybridized carbons (Fsp3) is 0.812. The molecule has 0 radical (unpaired) electrons. The Hall–Kier alpha value is -0.870. The van der Waals surface area contributed by atoms with Gasteiger partial charge >= 0.3 is 0 Å². The molecule has 0 spiro atoms. The van der Waals surface area contributed by atoms with Gasteiger partial charge in [0.25, 0.3) is 0 Å². The van der Waals surface area contributed by atoms with Crippen LogP contribution in [0.4, 0.5) is 0 Å². The van der Waals surface area contributed by atoms with Gasteiger partial charge in [-0.25, -0.2) is 4.98 Å². The fourth-order valence-corrected chi connectivity index (χ4v) is 2.70. The van der Waals surface area contributed by atoms with E-state index >= 15 is 0 Å². The van der Waals surface area contributed by atoms with E-state index in [-0.39, 0.29) is 5.41 Å². The van der Waals surface area contributed by atoms with E-state index in [1.165, 1.54) is 17.2 Å². The number of fused-ring (bicyclic) bond motifs is 1. The number of likely N-dealkylation sites (N-methyl/N-ethyl adjacent to an activating group) is 1. The molecule has 1 aliphatic rings. The number of hydrogen-bond acceptors (Lipinski definition) is 3. The van der Waals surface area contributed by atoms with Crippen LogP contribution in [-0.4, -0.2) is 40.6 Å². The Morgan fingerprint density at radius 3 is 2.65 bits per heavy atom. The smallest absolute Gasteiger partial charge is 0.114 e. The van der Waals surface area contributed by atoms with Crippen LogP contribution in [0.5, 0.6) is 0 Å². The molecule has 0 unspecified atom stereocenters. The molecule has 0 amide bonds. The second-order valence-corrected chi connectivity index (χ2v) is 7.23. The van der Waals surface area contributed by atoms with Crippen LogP contribution in [0.1, 0.15) is 51.8 Å². The summed E-state index contributed by atoms with van der Waals surface area (Å²) < 4.78 is 2.48. The van der Waals surface area contributed by atoms with Crippen LogP contribution in [0, 0.1) is 0 Å². The first-order chi connectivity index (χ1) is 9.30. The van der Waals surface area contributed by atoms with Gasteiger partial charge in [0.05, 0.1) is 5.69 Å². The molecule has 4 nitrogen and oxygen atoms in total. The number of nitrogens with zero attached hydrogens (tertiary/aromatic N) is 3. The Bertz CT molecular complexity index is 454. The number of nitrogens with one attached hydrogen (secondary N) is 1. The molecule has 20 heavy (non-hydrogen) atoms. The van der Waals surface area contributed by atoms with Crippen molar-refractivity contribution in [1.82, 2.24) is 19.8 Å². The van der Waals surface area contributed by atoms with E-state index in [1.54, 1.807) is 0 Å². The maximum absolute atomic E-state index is 4.93. The second-order valence-electron chi connectivity index (χ2n) is 7.23. The van der Waals surface area contributed by atoms with E-state index in [2.05, 4.69) is 56.5 Å². The van der Waals surface area contributed by atoms with Gasteiger partial charge in [-0.15, -0.1) is 0 Å². The minimum atomic E-state index is 0.105. The fourth-order valence-electron chi connectivity index (χ4n) is 2.70. The monoisotopic (exact) mass is 278 g/mol. The van der Waals surface area contributed by atoms with Crippen molar-refractivity contribution in [3.8, 4) is 0 Å². The van der Waals surface area contributed by atoms with Crippen molar-refractivity contribution >= 4 is 0 Å². The minimum absolute atomic E-state index is 0.105. The topological polar surface area (TPSA) is 33.1 Å². The third-order valence-electron chi connectivity index (χ3n) is 4.22. The molecule has 1 aromatic heterocycles. The molecule has 0 saturated carbocycles. The van der Waals surface area contributed by atoms with Gasteiger partial charge in [-0.3, -0.25) is 0 Å². The van der Waals surface area contributed by atoms with E-state index in [0.717, 1.165) is 32.6 Å². The molecule has 0 fully saturated rings. The average molecular weight is 278 g/mol. The first-order valence-corrected chi connectivity index (χ1v) is 7.80. The van der Waals surface area contributed by atoms with Crippen LogP contribution in [0.2, 0.25) is 0 Å². The van der Waals surface area contributed by atoms with E-state index < -0.39 is 0 Å². The van der Waals surface area contributed by atoms with Crippen molar-refractivity contribution in [2.24, 2.45) is 0 Å². The van der Waals surface area contributed by atoms with Crippen LogP contribution in [-0.2, 0) is 24.9 Å². The molecule has 114 valence electrons. The molecular weight excluding hydrogens is 248 g/mol. The summed E-state index contributed by atoms with van der Waals surface area (Å²) in [5.41, 5.74) is 2.81. The number of rotatable bonds is 4. The normalized spacial score (nSPS) is 16.0. The van der Waals surface area contributed by atoms with Gasteiger partial charge in [0.2, 0.25) is 0 Å². The molecule has 2 rings (SSSR count). The molecule has 0 saturated heterocycles. The molecule has 0 aromatic carbocycles. The predicted molar refractivity (Wildman–Crippen MR) is 84.1 cm³/mol. The van der Waals surface area contributed by atoms with Gasteiger partial charge in [0, 0.05) is 49.8 Å². The zero-order valence-corrected chi connectivity index (χ0v) is 14.0. The molecule has 1 N–H and O–H groups in total. The van der Waals surface area contributed by atoms with E-state index in [4.69, 9.17) is 4.98 Å². The van der Waals surface area contributed by atoms with Crippen LogP contribution >= 0.6 is 0 Å². The number of aromatic nitrogens is 2. The summed E-state index contributed by atoms with van der Waals surface area (Å²) in [6.45, 7) is 15.4. The van der Waals surface area contributed by atoms with Gasteiger partial charge in [0.1, 0.15) is 5.82 Å². The van der Waals surface area contributed by atoms with Crippen LogP contribution in [0.3, 0.4) is 0 Å².